The first-order valence-electron chi connectivity index (χ1n) is 35.5. The molecular formula is C67H116O28. The Kier molecular flexibility index (Phi) is 35.1. The Labute approximate surface area is 559 Å². The number of aliphatic hydroxyl groups excluding tert-OH is 10. The van der Waals surface area contributed by atoms with Gasteiger partial charge in [-0.3, -0.25) is 19.2 Å². The molecule has 95 heavy (non-hydrogen) atoms. The fraction of sp³-hybridized carbons (Fsp3) is 0.940. The van der Waals surface area contributed by atoms with Crippen LogP contribution >= 0.6 is 0 Å². The van der Waals surface area contributed by atoms with Crippen molar-refractivity contribution in [3.63, 3.8) is 0 Å². The Bertz CT molecular complexity index is 2210. The summed E-state index contributed by atoms with van der Waals surface area (Å²) in [6, 6.07) is 0. The van der Waals surface area contributed by atoms with Gasteiger partial charge in [-0.15, -0.1) is 0 Å². The first kappa shape index (κ1) is 81.0. The summed E-state index contributed by atoms with van der Waals surface area (Å²) in [5.41, 5.74) is 0. The SMILES string of the molecule is CCCCCCCCCCCC(=O)O[C@H]1[C@H](O[C@@H]2[C@@H](O)[C@H]3OC(=O)CCCCCCCCCC(CCCCC)O[C@@H]4O[C@H](CO)[C@@H](O)[C@H](O)[C@H]4O[C@H]3O[C@H]2C)O[C@@H](C)[C@H](O[C@@H]2O[C@@H](C)[C@H](OC(=O)CCC)[C@@H](OC(=O)C(C)C(C)O)[C@H]2O[C@H]2O[C@H](CO)[C@@H](O)[C@H](O)[C@H]2O)[C@H]1O. The fourth-order valence-electron chi connectivity index (χ4n) is 12.9. The van der Waals surface area contributed by atoms with Gasteiger partial charge in [-0.05, 0) is 66.7 Å². The Balaban J connectivity index is 1.35. The van der Waals surface area contributed by atoms with E-state index in [1.165, 1.54) is 34.6 Å². The van der Waals surface area contributed by atoms with Crippen LogP contribution < -0.4 is 0 Å². The molecule has 6 heterocycles. The lowest BCUT2D eigenvalue weighted by atomic mass is 9.95. The van der Waals surface area contributed by atoms with Gasteiger partial charge in [-0.1, -0.05) is 130 Å². The average molecular weight is 1370 g/mol. The third-order valence-electron chi connectivity index (χ3n) is 19.0. The topological polar surface area (TPSA) is 400 Å². The van der Waals surface area contributed by atoms with Crippen molar-refractivity contribution in [3.8, 4) is 0 Å². The molecular weight excluding hydrogens is 1250 g/mol. The van der Waals surface area contributed by atoms with E-state index in [0.717, 1.165) is 103 Å². The zero-order chi connectivity index (χ0) is 69.5. The van der Waals surface area contributed by atoms with Crippen molar-refractivity contribution < 1.29 is 137 Å². The van der Waals surface area contributed by atoms with E-state index in [1.54, 1.807) is 6.92 Å². The molecule has 10 N–H and O–H groups in total. The molecule has 0 radical (unpaired) electrons. The van der Waals surface area contributed by atoms with E-state index < -0.39 is 203 Å². The normalized spacial score (nSPS) is 39.4. The smallest absolute Gasteiger partial charge is 0.311 e. The first-order chi connectivity index (χ1) is 45.5. The largest absolute Gasteiger partial charge is 0.455 e. The Morgan fingerprint density at radius 1 is 0.463 bits per heavy atom. The molecule has 6 rings (SSSR count). The van der Waals surface area contributed by atoms with E-state index in [2.05, 4.69) is 13.8 Å². The number of fused-ring (bicyclic) bond motifs is 2. The predicted molar refractivity (Wildman–Crippen MR) is 334 cm³/mol. The number of esters is 4. The molecule has 0 saturated carbocycles. The van der Waals surface area contributed by atoms with Crippen molar-refractivity contribution in [1.82, 2.24) is 0 Å². The molecule has 0 spiro atoms. The monoisotopic (exact) mass is 1370 g/mol. The summed E-state index contributed by atoms with van der Waals surface area (Å²) in [6.45, 7) is 11.5. The zero-order valence-electron chi connectivity index (χ0n) is 57.1. The van der Waals surface area contributed by atoms with Gasteiger partial charge in [0.1, 0.15) is 73.2 Å². The first-order valence-corrected chi connectivity index (χ1v) is 35.5. The Morgan fingerprint density at radius 3 is 1.61 bits per heavy atom. The maximum atomic E-state index is 14.1. The van der Waals surface area contributed by atoms with Gasteiger partial charge in [0, 0.05) is 19.3 Å². The highest BCUT2D eigenvalue weighted by atomic mass is 16.8. The van der Waals surface area contributed by atoms with Crippen LogP contribution in [0.5, 0.6) is 0 Å². The lowest BCUT2D eigenvalue weighted by molar-refractivity contribution is -0.396. The second kappa shape index (κ2) is 41.1. The van der Waals surface area contributed by atoms with Crippen molar-refractivity contribution in [2.75, 3.05) is 13.2 Å². The maximum Gasteiger partial charge on any atom is 0.311 e. The lowest BCUT2D eigenvalue weighted by Crippen LogP contribution is -2.68. The van der Waals surface area contributed by atoms with Crippen LogP contribution in [-0.4, -0.2) is 254 Å². The Hall–Kier alpha value is -2.92. The molecule has 6 aliphatic rings. The molecule has 0 aromatic rings. The maximum absolute atomic E-state index is 14.1. The van der Waals surface area contributed by atoms with Crippen LogP contribution in [0.3, 0.4) is 0 Å². The number of unbranched alkanes of at least 4 members (excludes halogenated alkanes) is 10. The number of aliphatic hydroxyl groups is 10. The van der Waals surface area contributed by atoms with Gasteiger partial charge >= 0.3 is 23.9 Å². The number of carbonyl (C=O) groups excluding carboxylic acids is 4. The second-order valence-electron chi connectivity index (χ2n) is 26.8. The molecule has 0 aliphatic carbocycles. The van der Waals surface area contributed by atoms with Gasteiger partial charge in [0.05, 0.1) is 49.7 Å². The predicted octanol–water partition coefficient (Wildman–Crippen LogP) is 3.60. The highest BCUT2D eigenvalue weighted by molar-refractivity contribution is 5.73. The van der Waals surface area contributed by atoms with E-state index in [9.17, 15) is 70.2 Å². The Morgan fingerprint density at radius 2 is 0.979 bits per heavy atom. The van der Waals surface area contributed by atoms with Crippen LogP contribution in [0.1, 0.15) is 216 Å². The van der Waals surface area contributed by atoms with Gasteiger partial charge in [0.2, 0.25) is 0 Å². The summed E-state index contributed by atoms with van der Waals surface area (Å²) in [4.78, 5) is 55.3. The lowest BCUT2D eigenvalue weighted by Gasteiger charge is -2.50. The standard InChI is InChI=1S/C67H116O28/c1-9-12-14-15-16-17-20-23-27-32-45(72)89-58-53(80)55(93-67-61(95-63-51(78)49(76)47(74)42(34-68)86-63)60(91-62(81)36(4)37(5)70)56(40(8)84-67)88-44(71)29-11-3)39(7)82-64(58)92-54-38(6)83-65-59(52(54)79)90-46(73)33-28-24-21-18-19-22-26-31-41(30-25-13-10-2)85-66-57(94-65)50(77)48(75)43(35-69)87-66/h36-43,47-61,63-70,74-80H,9-35H2,1-8H3/t36?,37?,38-,39-,40-,41?,42+,43+,47+,48+,49-,50-,51+,52+,53+,54-,55-,56-,57+,58+,59+,60+,61+,63+,64-,65+,66+,67-/m0/s1. The van der Waals surface area contributed by atoms with Crippen LogP contribution in [0.2, 0.25) is 0 Å². The molecule has 0 aromatic carbocycles. The molecule has 3 unspecified atom stereocenters. The molecule has 28 nitrogen and oxygen atoms in total. The van der Waals surface area contributed by atoms with Gasteiger partial charge in [0.25, 0.3) is 0 Å². The molecule has 0 bridgehead atoms. The quantitative estimate of drug-likeness (QED) is 0.0290. The van der Waals surface area contributed by atoms with Crippen LogP contribution in [0.15, 0.2) is 0 Å². The highest BCUT2D eigenvalue weighted by Crippen LogP contribution is 2.40. The van der Waals surface area contributed by atoms with Crippen molar-refractivity contribution >= 4 is 23.9 Å². The van der Waals surface area contributed by atoms with Crippen molar-refractivity contribution in [2.24, 2.45) is 5.92 Å². The van der Waals surface area contributed by atoms with Gasteiger partial charge in [0.15, 0.2) is 62.0 Å². The third-order valence-corrected chi connectivity index (χ3v) is 19.0. The molecule has 6 saturated heterocycles. The van der Waals surface area contributed by atoms with E-state index in [-0.39, 0.29) is 25.4 Å². The number of rotatable bonds is 29. The zero-order valence-corrected chi connectivity index (χ0v) is 57.1. The van der Waals surface area contributed by atoms with Gasteiger partial charge in [-0.2, -0.15) is 0 Å². The van der Waals surface area contributed by atoms with E-state index in [4.69, 9.17) is 66.3 Å². The summed E-state index contributed by atoms with van der Waals surface area (Å²) in [5.74, 6) is -4.47. The van der Waals surface area contributed by atoms with Crippen LogP contribution in [0.4, 0.5) is 0 Å². The average Bonchev–Trinajstić information content (AvgIpc) is 0.785. The van der Waals surface area contributed by atoms with Crippen molar-refractivity contribution in [1.29, 1.82) is 0 Å². The summed E-state index contributed by atoms with van der Waals surface area (Å²) >= 11 is 0. The number of hydrogen-bond acceptors (Lipinski definition) is 28. The molecule has 28 atom stereocenters. The number of ether oxygens (including phenoxy) is 14. The summed E-state index contributed by atoms with van der Waals surface area (Å²) < 4.78 is 87.9. The van der Waals surface area contributed by atoms with E-state index in [0.29, 0.717) is 38.5 Å². The minimum Gasteiger partial charge on any atom is -0.455 e. The van der Waals surface area contributed by atoms with Crippen molar-refractivity contribution in [3.05, 3.63) is 0 Å². The summed E-state index contributed by atoms with van der Waals surface area (Å²) in [7, 11) is 0. The van der Waals surface area contributed by atoms with Crippen molar-refractivity contribution in [2.45, 2.75) is 382 Å². The highest BCUT2D eigenvalue weighted by Gasteiger charge is 2.59. The number of hydrogen-bond donors (Lipinski definition) is 10. The molecule has 0 aromatic heterocycles. The van der Waals surface area contributed by atoms with E-state index >= 15 is 0 Å². The molecule has 552 valence electrons. The van der Waals surface area contributed by atoms with E-state index in [1.807, 2.05) is 0 Å². The van der Waals surface area contributed by atoms with Gasteiger partial charge < -0.3 is 117 Å². The molecule has 0 amide bonds. The summed E-state index contributed by atoms with van der Waals surface area (Å²) in [6.07, 6.45) is -25.2. The van der Waals surface area contributed by atoms with Crippen LogP contribution in [0, 0.1) is 5.92 Å². The summed E-state index contributed by atoms with van der Waals surface area (Å²) in [5, 5.41) is 112. The fourth-order valence-corrected chi connectivity index (χ4v) is 12.9. The van der Waals surface area contributed by atoms with Gasteiger partial charge in [-0.25, -0.2) is 0 Å². The molecule has 28 heteroatoms. The minimum absolute atomic E-state index is 0.0607. The van der Waals surface area contributed by atoms with Crippen LogP contribution in [0.25, 0.3) is 0 Å². The molecule has 6 fully saturated rings. The molecule has 6 aliphatic heterocycles. The third kappa shape index (κ3) is 23.3. The second-order valence-corrected chi connectivity index (χ2v) is 26.8. The number of carbonyl (C=O) groups is 4. The minimum atomic E-state index is -2.05. The van der Waals surface area contributed by atoms with Crippen LogP contribution in [-0.2, 0) is 85.5 Å².